The van der Waals surface area contributed by atoms with Gasteiger partial charge in [0.25, 0.3) is 0 Å². The lowest BCUT2D eigenvalue weighted by molar-refractivity contribution is -0.123. The first-order valence-electron chi connectivity index (χ1n) is 14.6. The van der Waals surface area contributed by atoms with Crippen molar-refractivity contribution in [1.29, 1.82) is 0 Å². The highest BCUT2D eigenvalue weighted by atomic mass is 32.2. The zero-order valence-corrected chi connectivity index (χ0v) is 26.9. The average Bonchev–Trinajstić information content (AvgIpc) is 3.81. The summed E-state index contributed by atoms with van der Waals surface area (Å²) in [7, 11) is 3.25. The first-order chi connectivity index (χ1) is 21.4. The molecule has 2 aromatic carbocycles. The predicted octanol–water partition coefficient (Wildman–Crippen LogP) is 5.70. The van der Waals surface area contributed by atoms with Crippen LogP contribution in [0.5, 0.6) is 11.5 Å². The van der Waals surface area contributed by atoms with Gasteiger partial charge in [-0.25, -0.2) is 4.68 Å². The van der Waals surface area contributed by atoms with E-state index < -0.39 is 0 Å². The Hall–Kier alpha value is -3.80. The van der Waals surface area contributed by atoms with Crippen molar-refractivity contribution >= 4 is 40.7 Å². The summed E-state index contributed by atoms with van der Waals surface area (Å²) >= 11 is 3.14. The molecule has 0 spiro atoms. The number of thiophene rings is 1. The van der Waals surface area contributed by atoms with Crippen molar-refractivity contribution in [3.8, 4) is 28.4 Å². The quantitative estimate of drug-likeness (QED) is 0.253. The molecule has 0 saturated carbocycles. The molecule has 1 fully saturated rings. The van der Waals surface area contributed by atoms with Crippen LogP contribution < -0.4 is 19.7 Å². The number of ether oxygens (including phenoxy) is 3. The van der Waals surface area contributed by atoms with Crippen LogP contribution in [0.15, 0.2) is 53.2 Å². The summed E-state index contributed by atoms with van der Waals surface area (Å²) in [6, 6.07) is 13.8. The molecule has 11 heteroatoms. The molecule has 1 N–H and O–H groups in total. The fraction of sp³-hybridized carbons (Fsp3) is 0.364. The number of nitrogens with zero attached hydrogens (tertiary/aromatic N) is 3. The van der Waals surface area contributed by atoms with Gasteiger partial charge in [0.05, 0.1) is 42.6 Å². The van der Waals surface area contributed by atoms with E-state index in [1.807, 2.05) is 47.3 Å². The molecular weight excluding hydrogens is 597 g/mol. The minimum Gasteiger partial charge on any atom is -0.496 e. The predicted molar refractivity (Wildman–Crippen MR) is 175 cm³/mol. The Bertz CT molecular complexity index is 1640. The van der Waals surface area contributed by atoms with Crippen LogP contribution in [0.3, 0.4) is 0 Å². The summed E-state index contributed by atoms with van der Waals surface area (Å²) in [4.78, 5) is 29.1. The van der Waals surface area contributed by atoms with E-state index >= 15 is 0 Å². The highest BCUT2D eigenvalue weighted by Gasteiger charge is 2.39. The molecule has 44 heavy (non-hydrogen) atoms. The molecule has 4 aromatic rings. The molecule has 230 valence electrons. The molecule has 2 aromatic heterocycles. The number of nitrogens with one attached hydrogen (secondary N) is 1. The Morgan fingerprint density at radius 2 is 1.89 bits per heavy atom. The van der Waals surface area contributed by atoms with E-state index in [-0.39, 0.29) is 35.5 Å². The number of fused-ring (bicyclic) bond motifs is 1. The molecule has 2 amide bonds. The van der Waals surface area contributed by atoms with Crippen molar-refractivity contribution in [1.82, 2.24) is 15.1 Å². The third-order valence-electron chi connectivity index (χ3n) is 8.26. The summed E-state index contributed by atoms with van der Waals surface area (Å²) in [5.41, 5.74) is 6.16. The maximum absolute atomic E-state index is 14.0. The molecule has 1 saturated heterocycles. The molecule has 2 atom stereocenters. The second-order valence-corrected chi connectivity index (χ2v) is 12.8. The summed E-state index contributed by atoms with van der Waals surface area (Å²) in [6.07, 6.45) is 1.90. The number of aryl methyl sites for hydroxylation is 1. The van der Waals surface area contributed by atoms with E-state index in [1.165, 1.54) is 11.8 Å². The van der Waals surface area contributed by atoms with Gasteiger partial charge in [-0.1, -0.05) is 18.2 Å². The van der Waals surface area contributed by atoms with Crippen LogP contribution in [0.2, 0.25) is 0 Å². The molecule has 0 unspecified atom stereocenters. The van der Waals surface area contributed by atoms with Gasteiger partial charge in [-0.2, -0.15) is 16.4 Å². The second-order valence-electron chi connectivity index (χ2n) is 10.9. The van der Waals surface area contributed by atoms with Crippen LogP contribution in [0, 0.1) is 13.8 Å². The van der Waals surface area contributed by atoms with Gasteiger partial charge in [0.2, 0.25) is 11.8 Å². The molecule has 6 rings (SSSR count). The van der Waals surface area contributed by atoms with Crippen molar-refractivity contribution in [3.63, 3.8) is 0 Å². The van der Waals surface area contributed by atoms with Gasteiger partial charge >= 0.3 is 0 Å². The molecule has 0 radical (unpaired) electrons. The maximum atomic E-state index is 14.0. The highest BCUT2D eigenvalue weighted by molar-refractivity contribution is 8.00. The van der Waals surface area contributed by atoms with E-state index in [9.17, 15) is 9.59 Å². The van der Waals surface area contributed by atoms with Gasteiger partial charge in [0.15, 0.2) is 0 Å². The lowest BCUT2D eigenvalue weighted by Crippen LogP contribution is -2.44. The first-order valence-corrected chi connectivity index (χ1v) is 16.6. The molecule has 2 aliphatic heterocycles. The minimum atomic E-state index is -0.246. The van der Waals surface area contributed by atoms with Gasteiger partial charge in [0.1, 0.15) is 29.6 Å². The van der Waals surface area contributed by atoms with Gasteiger partial charge < -0.3 is 19.5 Å². The van der Waals surface area contributed by atoms with Crippen molar-refractivity contribution in [2.75, 3.05) is 44.6 Å². The summed E-state index contributed by atoms with van der Waals surface area (Å²) in [5, 5.41) is 12.2. The smallest absolute Gasteiger partial charge is 0.240 e. The number of rotatable bonds is 9. The average molecular weight is 633 g/mol. The van der Waals surface area contributed by atoms with Crippen molar-refractivity contribution in [2.24, 2.45) is 0 Å². The van der Waals surface area contributed by atoms with Crippen LogP contribution in [0.25, 0.3) is 16.9 Å². The van der Waals surface area contributed by atoms with E-state index in [0.717, 1.165) is 40.8 Å². The van der Waals surface area contributed by atoms with E-state index in [2.05, 4.69) is 29.8 Å². The highest BCUT2D eigenvalue weighted by Crippen LogP contribution is 2.52. The number of thioether (sulfide) groups is 1. The van der Waals surface area contributed by atoms with E-state index in [1.54, 1.807) is 30.5 Å². The molecule has 9 nitrogen and oxygen atoms in total. The maximum Gasteiger partial charge on any atom is 0.240 e. The van der Waals surface area contributed by atoms with Crippen molar-refractivity contribution in [2.45, 2.75) is 38.0 Å². The third-order valence-corrected chi connectivity index (χ3v) is 10.2. The Morgan fingerprint density at radius 3 is 2.57 bits per heavy atom. The van der Waals surface area contributed by atoms with Crippen LogP contribution in [-0.2, 0) is 14.3 Å². The Morgan fingerprint density at radius 1 is 1.11 bits per heavy atom. The Balaban J connectivity index is 1.59. The van der Waals surface area contributed by atoms with Gasteiger partial charge in [-0.15, -0.1) is 11.8 Å². The lowest BCUT2D eigenvalue weighted by atomic mass is 9.99. The van der Waals surface area contributed by atoms with Crippen LogP contribution >= 0.6 is 23.1 Å². The Kier molecular flexibility index (Phi) is 8.97. The number of amides is 2. The normalized spacial score (nSPS) is 18.2. The number of carbonyl (C=O) groups is 2. The number of benzene rings is 2. The molecule has 0 bridgehead atoms. The van der Waals surface area contributed by atoms with Crippen LogP contribution in [0.1, 0.15) is 40.3 Å². The van der Waals surface area contributed by atoms with Gasteiger partial charge in [0, 0.05) is 18.7 Å². The van der Waals surface area contributed by atoms with Crippen LogP contribution in [-0.4, -0.2) is 67.4 Å². The summed E-state index contributed by atoms with van der Waals surface area (Å²) < 4.78 is 19.2. The standard InChI is InChI=1S/C33H36N4O5S2/c1-20-8-5-10-24(21(20)2)37-33-30(31(35-37)29-25(40-3)11-6-12-26(29)41-4)32(22-13-15-43-18-22)44-19-28(39)36(33)17-27(38)34-16-23-9-7-14-42-23/h5-6,8,10-13,15,18,23,32H,7,9,14,16-17,19H2,1-4H3,(H,34,38)/t23-,32-/m0/s1. The van der Waals surface area contributed by atoms with Gasteiger partial charge in [-0.05, 0) is 78.4 Å². The van der Waals surface area contributed by atoms with E-state index in [4.69, 9.17) is 19.3 Å². The fourth-order valence-corrected chi connectivity index (χ4v) is 7.80. The lowest BCUT2D eigenvalue weighted by Gasteiger charge is -2.24. The zero-order chi connectivity index (χ0) is 30.8. The fourth-order valence-electron chi connectivity index (χ4n) is 5.84. The first kappa shape index (κ1) is 30.2. The number of carbonyl (C=O) groups excluding carboxylic acids is 2. The third kappa shape index (κ3) is 5.71. The number of hydrogen-bond donors (Lipinski definition) is 1. The number of hydrogen-bond acceptors (Lipinski definition) is 8. The monoisotopic (exact) mass is 632 g/mol. The molecule has 4 heterocycles. The number of anilines is 1. The summed E-state index contributed by atoms with van der Waals surface area (Å²) in [5.74, 6) is 1.56. The number of methoxy groups -OCH3 is 2. The second kappa shape index (κ2) is 13.1. The Labute approximate surface area is 265 Å². The summed E-state index contributed by atoms with van der Waals surface area (Å²) in [6.45, 7) is 5.08. The molecule has 2 aliphatic rings. The van der Waals surface area contributed by atoms with Crippen molar-refractivity contribution in [3.05, 3.63) is 75.5 Å². The zero-order valence-electron chi connectivity index (χ0n) is 25.3. The number of aromatic nitrogens is 2. The SMILES string of the molecule is COc1cccc(OC)c1-c1nn(-c2cccc(C)c2C)c2c1[C@H](c1ccsc1)SCC(=O)N2CC(=O)NC[C@@H]1CCCO1. The largest absolute Gasteiger partial charge is 0.496 e. The topological polar surface area (TPSA) is 94.9 Å². The minimum absolute atomic E-state index is 0.00189. The van der Waals surface area contributed by atoms with Crippen molar-refractivity contribution < 1.29 is 23.8 Å². The molecular formula is C33H36N4O5S2. The van der Waals surface area contributed by atoms with Crippen LogP contribution in [0.4, 0.5) is 5.82 Å². The van der Waals surface area contributed by atoms with E-state index in [0.29, 0.717) is 41.7 Å². The van der Waals surface area contributed by atoms with Gasteiger partial charge in [-0.3, -0.25) is 14.5 Å². The molecule has 0 aliphatic carbocycles.